The van der Waals surface area contributed by atoms with Crippen molar-refractivity contribution in [1.82, 2.24) is 14.7 Å². The molecule has 0 fully saturated rings. The molecule has 0 unspecified atom stereocenters. The summed E-state index contributed by atoms with van der Waals surface area (Å²) >= 11 is 0. The van der Waals surface area contributed by atoms with Crippen LogP contribution in [-0.4, -0.2) is 55.7 Å². The highest BCUT2D eigenvalue weighted by Gasteiger charge is 2.31. The summed E-state index contributed by atoms with van der Waals surface area (Å²) < 4.78 is 34.9. The Kier molecular flexibility index (Phi) is 4.49. The summed E-state index contributed by atoms with van der Waals surface area (Å²) in [5.74, 6) is -1.05. The minimum absolute atomic E-state index is 0.0822. The molecule has 2 N–H and O–H groups in total. The van der Waals surface area contributed by atoms with Crippen LogP contribution in [0.4, 0.5) is 10.7 Å². The van der Waals surface area contributed by atoms with E-state index >= 15 is 0 Å². The largest absolute Gasteiger partial charge is 0.481 e. The van der Waals surface area contributed by atoms with Crippen LogP contribution in [0, 0.1) is 0 Å². The molecular formula is C10H10N6O6S. The molecule has 1 aromatic heterocycles. The molecule has 2 amide bonds. The fraction of sp³-hybridized carbons (Fsp3) is 0.200. The van der Waals surface area contributed by atoms with E-state index < -0.39 is 26.9 Å². The zero-order valence-electron chi connectivity index (χ0n) is 11.8. The summed E-state index contributed by atoms with van der Waals surface area (Å²) in [6.45, 7) is 0. The average Bonchev–Trinajstić information content (AvgIpc) is 2.93. The maximum Gasteiger partial charge on any atom is 0.335 e. The number of hydrogen-bond acceptors (Lipinski definition) is 10. The highest BCUT2D eigenvalue weighted by atomic mass is 32.2. The van der Waals surface area contributed by atoms with Gasteiger partial charge >= 0.3 is 6.03 Å². The predicted octanol–water partition coefficient (Wildman–Crippen LogP) is -1.09. The molecule has 1 aromatic rings. The Hall–Kier alpha value is -3.09. The number of nitrogens with zero attached hydrogens (tertiary/aromatic N) is 4. The van der Waals surface area contributed by atoms with E-state index in [1.807, 2.05) is 0 Å². The molecule has 122 valence electrons. The molecule has 0 spiro atoms. The maximum atomic E-state index is 11.8. The van der Waals surface area contributed by atoms with Gasteiger partial charge in [0.2, 0.25) is 28.5 Å². The molecular weight excluding hydrogens is 332 g/mol. The number of rotatable bonds is 3. The van der Waals surface area contributed by atoms with Crippen molar-refractivity contribution in [2.75, 3.05) is 19.5 Å². The van der Waals surface area contributed by atoms with Gasteiger partial charge in [-0.25, -0.2) is 9.52 Å². The quantitative estimate of drug-likeness (QED) is 0.700. The third-order valence-electron chi connectivity index (χ3n) is 2.34. The minimum atomic E-state index is -4.46. The number of methoxy groups -OCH3 is 2. The van der Waals surface area contributed by atoms with Crippen molar-refractivity contribution in [1.29, 1.82) is 0 Å². The van der Waals surface area contributed by atoms with Crippen LogP contribution in [0.2, 0.25) is 0 Å². The van der Waals surface area contributed by atoms with Crippen LogP contribution >= 0.6 is 0 Å². The predicted molar refractivity (Wildman–Crippen MR) is 77.1 cm³/mol. The number of anilines is 1. The molecule has 2 rings (SSSR count). The molecule has 0 aromatic carbocycles. The number of Topliss-reactive ketones (excluding diaryl/α,β-unsaturated/α-hetero) is 1. The Morgan fingerprint density at radius 3 is 2.26 bits per heavy atom. The Bertz CT molecular complexity index is 795. The van der Waals surface area contributed by atoms with Crippen LogP contribution in [0.25, 0.3) is 0 Å². The normalized spacial score (nSPS) is 13.5. The van der Waals surface area contributed by atoms with E-state index in [0.29, 0.717) is 6.21 Å². The number of nitrogens with one attached hydrogen (secondary N) is 2. The van der Waals surface area contributed by atoms with E-state index in [2.05, 4.69) is 25.5 Å². The van der Waals surface area contributed by atoms with Gasteiger partial charge in [-0.1, -0.05) is 0 Å². The lowest BCUT2D eigenvalue weighted by molar-refractivity contribution is -0.106. The van der Waals surface area contributed by atoms with Gasteiger partial charge in [-0.2, -0.15) is 23.5 Å². The van der Waals surface area contributed by atoms with Crippen molar-refractivity contribution in [3.63, 3.8) is 0 Å². The van der Waals surface area contributed by atoms with Crippen molar-refractivity contribution in [3.8, 4) is 11.8 Å². The molecule has 0 atom stereocenters. The zero-order valence-corrected chi connectivity index (χ0v) is 12.6. The van der Waals surface area contributed by atoms with Gasteiger partial charge in [0.15, 0.2) is 0 Å². The second kappa shape index (κ2) is 6.35. The van der Waals surface area contributed by atoms with Crippen LogP contribution in [-0.2, 0) is 14.8 Å². The first-order valence-corrected chi connectivity index (χ1v) is 7.30. The number of hydrogen-bond donors (Lipinski definition) is 2. The third kappa shape index (κ3) is 3.76. The van der Waals surface area contributed by atoms with Crippen molar-refractivity contribution in [2.24, 2.45) is 10.2 Å². The number of carbonyl (C=O) groups is 2. The highest BCUT2D eigenvalue weighted by Crippen LogP contribution is 2.17. The minimum Gasteiger partial charge on any atom is -0.481 e. The van der Waals surface area contributed by atoms with Gasteiger partial charge in [0.25, 0.3) is 10.0 Å². The third-order valence-corrected chi connectivity index (χ3v) is 3.58. The number of aromatic nitrogens is 2. The summed E-state index contributed by atoms with van der Waals surface area (Å²) in [5, 5.41) is 7.47. The molecule has 13 heteroatoms. The first-order chi connectivity index (χ1) is 10.9. The van der Waals surface area contributed by atoms with Crippen LogP contribution in [0.3, 0.4) is 0 Å². The molecule has 0 bridgehead atoms. The molecule has 0 radical (unpaired) electrons. The molecule has 23 heavy (non-hydrogen) atoms. The molecule has 0 saturated carbocycles. The van der Waals surface area contributed by atoms with Gasteiger partial charge in [0.1, 0.15) is 6.21 Å². The number of amides is 2. The lowest BCUT2D eigenvalue weighted by atomic mass is 10.5. The first-order valence-electron chi connectivity index (χ1n) is 5.82. The van der Waals surface area contributed by atoms with Crippen LogP contribution in [0.15, 0.2) is 16.3 Å². The van der Waals surface area contributed by atoms with Crippen molar-refractivity contribution in [2.45, 2.75) is 0 Å². The van der Waals surface area contributed by atoms with E-state index in [1.54, 1.807) is 4.72 Å². The Morgan fingerprint density at radius 2 is 1.78 bits per heavy atom. The summed E-state index contributed by atoms with van der Waals surface area (Å²) in [7, 11) is -1.80. The number of ketones is 1. The SMILES string of the molecule is COc1cc(OC)nc(NC(=O)NS(=O)(=O)C2=NN=CC2=O)n1. The number of carbonyl (C=O) groups excluding carboxylic acids is 2. The first kappa shape index (κ1) is 16.3. The lowest BCUT2D eigenvalue weighted by Gasteiger charge is -2.08. The molecule has 1 aliphatic rings. The van der Waals surface area contributed by atoms with Crippen LogP contribution in [0.1, 0.15) is 0 Å². The smallest absolute Gasteiger partial charge is 0.335 e. The second-order valence-electron chi connectivity index (χ2n) is 3.85. The van der Waals surface area contributed by atoms with Gasteiger partial charge < -0.3 is 9.47 Å². The molecule has 0 aliphatic carbocycles. The Labute approximate surface area is 129 Å². The van der Waals surface area contributed by atoms with Gasteiger partial charge in [0.05, 0.1) is 20.3 Å². The van der Waals surface area contributed by atoms with Gasteiger partial charge in [-0.05, 0) is 0 Å². The Morgan fingerprint density at radius 1 is 1.17 bits per heavy atom. The number of ether oxygens (including phenoxy) is 2. The summed E-state index contributed by atoms with van der Waals surface area (Å²) in [6.07, 6.45) is 0.711. The van der Waals surface area contributed by atoms with Gasteiger partial charge in [-0.3, -0.25) is 10.1 Å². The highest BCUT2D eigenvalue weighted by molar-refractivity contribution is 8.07. The summed E-state index contributed by atoms with van der Waals surface area (Å²) in [6, 6.07) is 0.144. The summed E-state index contributed by atoms with van der Waals surface area (Å²) in [4.78, 5) is 30.5. The van der Waals surface area contributed by atoms with Crippen molar-refractivity contribution in [3.05, 3.63) is 6.07 Å². The fourth-order valence-electron chi connectivity index (χ4n) is 1.39. The molecule has 0 saturated heterocycles. The van der Waals surface area contributed by atoms with Crippen LogP contribution in [0.5, 0.6) is 11.8 Å². The van der Waals surface area contributed by atoms with E-state index in [0.717, 1.165) is 0 Å². The maximum absolute atomic E-state index is 11.8. The topological polar surface area (TPSA) is 161 Å². The number of sulfonamides is 1. The van der Waals surface area contributed by atoms with Crippen LogP contribution < -0.4 is 19.5 Å². The van der Waals surface area contributed by atoms with Gasteiger partial charge in [0, 0.05) is 0 Å². The Balaban J connectivity index is 2.12. The average molecular weight is 342 g/mol. The molecule has 2 heterocycles. The van der Waals surface area contributed by atoms with E-state index in [1.165, 1.54) is 20.3 Å². The van der Waals surface area contributed by atoms with Crippen molar-refractivity contribution < 1.29 is 27.5 Å². The van der Waals surface area contributed by atoms with E-state index in [9.17, 15) is 18.0 Å². The lowest BCUT2D eigenvalue weighted by Crippen LogP contribution is -2.41. The molecule has 12 nitrogen and oxygen atoms in total. The second-order valence-corrected chi connectivity index (χ2v) is 5.45. The zero-order chi connectivity index (χ0) is 17.0. The van der Waals surface area contributed by atoms with Crippen molar-refractivity contribution >= 4 is 39.0 Å². The standard InChI is InChI=1S/C10H10N6O6S/c1-21-6-3-7(22-2)13-9(12-6)14-10(18)16-23(19,20)8-5(17)4-11-15-8/h3-4H,1-2H3,(H2,12,13,14,16,18). The molecule has 1 aliphatic heterocycles. The summed E-state index contributed by atoms with van der Waals surface area (Å²) in [5.41, 5.74) is 0. The number of urea groups is 1. The monoisotopic (exact) mass is 342 g/mol. The van der Waals surface area contributed by atoms with Gasteiger partial charge in [-0.15, -0.1) is 5.10 Å². The van der Waals surface area contributed by atoms with E-state index in [4.69, 9.17) is 9.47 Å². The van der Waals surface area contributed by atoms with E-state index in [-0.39, 0.29) is 17.7 Å². The fourth-order valence-corrected chi connectivity index (χ4v) is 2.25.